The van der Waals surface area contributed by atoms with Crippen LogP contribution in [0.3, 0.4) is 0 Å². The largest absolute Gasteiger partial charge is 0.326 e. The van der Waals surface area contributed by atoms with Crippen LogP contribution >= 0.6 is 23.2 Å². The maximum atomic E-state index is 11.9. The number of hydrogen-bond donors (Lipinski definition) is 1. The lowest BCUT2D eigenvalue weighted by atomic mass is 10.1. The van der Waals surface area contributed by atoms with Crippen LogP contribution in [-0.2, 0) is 4.79 Å². The Morgan fingerprint density at radius 3 is 2.28 bits per heavy atom. The third kappa shape index (κ3) is 2.15. The average molecular weight is 289 g/mol. The first-order valence-electron chi connectivity index (χ1n) is 5.20. The van der Waals surface area contributed by atoms with Crippen LogP contribution in [0.4, 0.5) is 11.4 Å². The van der Waals surface area contributed by atoms with E-state index in [2.05, 4.69) is 5.32 Å². The van der Waals surface area contributed by atoms with Gasteiger partial charge < -0.3 is 5.32 Å². The van der Waals surface area contributed by atoms with Crippen molar-refractivity contribution in [2.45, 2.75) is 17.7 Å². The molecular formula is C11H10Cl2N2O3. The summed E-state index contributed by atoms with van der Waals surface area (Å²) in [5.74, 6) is -0.290. The highest BCUT2D eigenvalue weighted by Crippen LogP contribution is 2.64. The van der Waals surface area contributed by atoms with E-state index < -0.39 is 14.7 Å². The predicted molar refractivity (Wildman–Crippen MR) is 68.9 cm³/mol. The molecule has 1 aliphatic rings. The van der Waals surface area contributed by atoms with Crippen molar-refractivity contribution in [1.29, 1.82) is 0 Å². The highest BCUT2D eigenvalue weighted by atomic mass is 35.5. The van der Waals surface area contributed by atoms with E-state index in [1.165, 1.54) is 24.3 Å². The van der Waals surface area contributed by atoms with E-state index in [0.717, 1.165) is 0 Å². The van der Waals surface area contributed by atoms with E-state index in [-0.39, 0.29) is 11.6 Å². The third-order valence-electron chi connectivity index (χ3n) is 3.09. The van der Waals surface area contributed by atoms with E-state index in [1.807, 2.05) is 0 Å². The molecule has 7 heteroatoms. The summed E-state index contributed by atoms with van der Waals surface area (Å²) in [5.41, 5.74) is -0.366. The van der Waals surface area contributed by atoms with Crippen molar-refractivity contribution < 1.29 is 9.72 Å². The number of anilines is 1. The van der Waals surface area contributed by atoms with Gasteiger partial charge in [0.15, 0.2) is 0 Å². The van der Waals surface area contributed by atoms with Crippen molar-refractivity contribution in [3.63, 3.8) is 0 Å². The molecule has 0 bridgehead atoms. The smallest absolute Gasteiger partial charge is 0.269 e. The standard InChI is InChI=1S/C11H10Cl2N2O3/c1-10(6-11(10,12)13)9(16)14-7-2-4-8(5-3-7)15(17)18/h2-5H,6H2,1H3,(H,14,16). The van der Waals surface area contributed by atoms with Gasteiger partial charge in [-0.3, -0.25) is 14.9 Å². The zero-order valence-corrected chi connectivity index (χ0v) is 11.0. The van der Waals surface area contributed by atoms with Crippen LogP contribution in [-0.4, -0.2) is 15.2 Å². The number of non-ortho nitro benzene ring substituents is 1. The number of hydrogen-bond acceptors (Lipinski definition) is 3. The minimum atomic E-state index is -1.03. The summed E-state index contributed by atoms with van der Waals surface area (Å²) in [6.07, 6.45) is 0.391. The fraction of sp³-hybridized carbons (Fsp3) is 0.364. The summed E-state index contributed by atoms with van der Waals surface area (Å²) >= 11 is 11.8. The topological polar surface area (TPSA) is 72.2 Å². The highest BCUT2D eigenvalue weighted by molar-refractivity contribution is 6.53. The SMILES string of the molecule is CC1(C(=O)Nc2ccc([N+](=O)[O-])cc2)CC1(Cl)Cl. The number of amides is 1. The Balaban J connectivity index is 2.07. The van der Waals surface area contributed by atoms with E-state index >= 15 is 0 Å². The molecule has 5 nitrogen and oxygen atoms in total. The van der Waals surface area contributed by atoms with Gasteiger partial charge in [-0.25, -0.2) is 0 Å². The van der Waals surface area contributed by atoms with E-state index in [4.69, 9.17) is 23.2 Å². The number of benzene rings is 1. The maximum Gasteiger partial charge on any atom is 0.269 e. The Kier molecular flexibility index (Phi) is 2.99. The van der Waals surface area contributed by atoms with Crippen LogP contribution in [0.1, 0.15) is 13.3 Å². The molecule has 0 radical (unpaired) electrons. The van der Waals surface area contributed by atoms with Gasteiger partial charge in [-0.15, -0.1) is 23.2 Å². The predicted octanol–water partition coefficient (Wildman–Crippen LogP) is 3.12. The number of alkyl halides is 2. The molecule has 2 rings (SSSR count). The number of nitro groups is 1. The monoisotopic (exact) mass is 288 g/mol. The van der Waals surface area contributed by atoms with Crippen molar-refractivity contribution in [3.05, 3.63) is 34.4 Å². The van der Waals surface area contributed by atoms with Crippen LogP contribution in [0.25, 0.3) is 0 Å². The summed E-state index contributed by atoms with van der Waals surface area (Å²) in [6, 6.07) is 5.57. The normalized spacial score (nSPS) is 24.4. The number of nitro benzene ring substituents is 1. The average Bonchev–Trinajstić information content (AvgIpc) is 2.80. The van der Waals surface area contributed by atoms with Gasteiger partial charge in [-0.2, -0.15) is 0 Å². The van der Waals surface area contributed by atoms with E-state index in [0.29, 0.717) is 12.1 Å². The Morgan fingerprint density at radius 1 is 1.39 bits per heavy atom. The highest BCUT2D eigenvalue weighted by Gasteiger charge is 2.67. The molecule has 96 valence electrons. The molecule has 1 aromatic carbocycles. The molecule has 0 heterocycles. The molecule has 1 unspecified atom stereocenters. The molecule has 1 N–H and O–H groups in total. The number of nitrogens with zero attached hydrogens (tertiary/aromatic N) is 1. The van der Waals surface area contributed by atoms with Crippen LogP contribution in [0.15, 0.2) is 24.3 Å². The lowest BCUT2D eigenvalue weighted by Crippen LogP contribution is -2.25. The minimum Gasteiger partial charge on any atom is -0.326 e. The van der Waals surface area contributed by atoms with E-state index in [1.54, 1.807) is 6.92 Å². The number of halogens is 2. The maximum absolute atomic E-state index is 11.9. The van der Waals surface area contributed by atoms with Gasteiger partial charge in [-0.1, -0.05) is 0 Å². The first-order chi connectivity index (χ1) is 8.26. The van der Waals surface area contributed by atoms with E-state index in [9.17, 15) is 14.9 Å². The van der Waals surface area contributed by atoms with Gasteiger partial charge in [0, 0.05) is 17.8 Å². The zero-order valence-electron chi connectivity index (χ0n) is 9.44. The second-order valence-corrected chi connectivity index (χ2v) is 5.96. The Bertz CT molecular complexity index is 516. The third-order valence-corrected chi connectivity index (χ3v) is 4.20. The van der Waals surface area contributed by atoms with Crippen molar-refractivity contribution in [1.82, 2.24) is 0 Å². The summed E-state index contributed by atoms with van der Waals surface area (Å²) in [4.78, 5) is 21.9. The molecular weight excluding hydrogens is 279 g/mol. The van der Waals surface area contributed by atoms with Gasteiger partial charge in [0.05, 0.1) is 10.3 Å². The summed E-state index contributed by atoms with van der Waals surface area (Å²) < 4.78 is -1.03. The minimum absolute atomic E-state index is 0.0327. The van der Waals surface area contributed by atoms with Crippen molar-refractivity contribution in [2.24, 2.45) is 5.41 Å². The van der Waals surface area contributed by atoms with Gasteiger partial charge in [-0.05, 0) is 25.5 Å². The molecule has 0 saturated heterocycles. The summed E-state index contributed by atoms with van der Waals surface area (Å²) in [6.45, 7) is 1.67. The fourth-order valence-corrected chi connectivity index (χ4v) is 2.29. The van der Waals surface area contributed by atoms with Gasteiger partial charge in [0.1, 0.15) is 4.33 Å². The first kappa shape index (κ1) is 13.1. The number of carbonyl (C=O) groups is 1. The molecule has 1 saturated carbocycles. The van der Waals surface area contributed by atoms with Crippen molar-refractivity contribution >= 4 is 40.5 Å². The Hall–Kier alpha value is -1.33. The van der Waals surface area contributed by atoms with Gasteiger partial charge in [0.2, 0.25) is 5.91 Å². The quantitative estimate of drug-likeness (QED) is 0.528. The van der Waals surface area contributed by atoms with Crippen LogP contribution in [0.5, 0.6) is 0 Å². The molecule has 0 aliphatic heterocycles. The van der Waals surface area contributed by atoms with Crippen LogP contribution < -0.4 is 5.32 Å². The molecule has 0 aromatic heterocycles. The molecule has 1 atom stereocenters. The van der Waals surface area contributed by atoms with Gasteiger partial charge >= 0.3 is 0 Å². The zero-order chi connectivity index (χ0) is 13.6. The molecule has 1 aromatic rings. The lowest BCUT2D eigenvalue weighted by molar-refractivity contribution is -0.384. The molecule has 0 spiro atoms. The fourth-order valence-electron chi connectivity index (χ4n) is 1.58. The Morgan fingerprint density at radius 2 is 1.89 bits per heavy atom. The van der Waals surface area contributed by atoms with Crippen molar-refractivity contribution in [3.8, 4) is 0 Å². The molecule has 1 fully saturated rings. The second kappa shape index (κ2) is 4.10. The van der Waals surface area contributed by atoms with Crippen LogP contribution in [0, 0.1) is 15.5 Å². The summed E-state index contributed by atoms with van der Waals surface area (Å²) in [7, 11) is 0. The lowest BCUT2D eigenvalue weighted by Gasteiger charge is -2.12. The second-order valence-electron chi connectivity index (χ2n) is 4.47. The molecule has 18 heavy (non-hydrogen) atoms. The molecule has 1 amide bonds. The van der Waals surface area contributed by atoms with Crippen molar-refractivity contribution in [2.75, 3.05) is 5.32 Å². The number of carbonyl (C=O) groups excluding carboxylic acids is 1. The van der Waals surface area contributed by atoms with Crippen LogP contribution in [0.2, 0.25) is 0 Å². The number of nitrogens with one attached hydrogen (secondary N) is 1. The van der Waals surface area contributed by atoms with Gasteiger partial charge in [0.25, 0.3) is 5.69 Å². The Labute approximate surface area is 113 Å². The summed E-state index contributed by atoms with van der Waals surface area (Å²) in [5, 5.41) is 13.1. The number of rotatable bonds is 3. The first-order valence-corrected chi connectivity index (χ1v) is 5.96. The molecule has 1 aliphatic carbocycles.